The first kappa shape index (κ1) is 38.4. The predicted molar refractivity (Wildman–Crippen MR) is 208 cm³/mol. The molecule has 3 fully saturated rings. The van der Waals surface area contributed by atoms with Crippen molar-refractivity contribution in [1.82, 2.24) is 30.6 Å². The molecule has 4 N–H and O–H groups in total. The molecule has 1 aromatic carbocycles. The van der Waals surface area contributed by atoms with E-state index in [9.17, 15) is 23.7 Å². The highest BCUT2D eigenvalue weighted by Gasteiger charge is 2.56. The number of aryl methyl sites for hydroxylation is 2. The molecule has 1 unspecified atom stereocenters. The molecule has 1 aromatic heterocycles. The van der Waals surface area contributed by atoms with Gasteiger partial charge in [0.25, 0.3) is 5.91 Å². The van der Waals surface area contributed by atoms with Gasteiger partial charge in [0.1, 0.15) is 33.7 Å². The number of ether oxygens (including phenoxy) is 1. The molecule has 13 heteroatoms. The highest BCUT2D eigenvalue weighted by molar-refractivity contribution is 7.91. The second-order valence-corrected chi connectivity index (χ2v) is 18.6. The van der Waals surface area contributed by atoms with Gasteiger partial charge in [0, 0.05) is 42.2 Å². The predicted octanol–water partition coefficient (Wildman–Crippen LogP) is 5.18. The van der Waals surface area contributed by atoms with Crippen LogP contribution in [0.15, 0.2) is 36.4 Å². The van der Waals surface area contributed by atoms with Crippen LogP contribution in [0.25, 0.3) is 10.9 Å². The number of fused-ring (bicyclic) bond motifs is 4. The maximum atomic E-state index is 14.8. The summed E-state index contributed by atoms with van der Waals surface area (Å²) in [4.78, 5) is 63.4. The van der Waals surface area contributed by atoms with Crippen molar-refractivity contribution in [2.24, 2.45) is 5.92 Å². The van der Waals surface area contributed by atoms with Crippen molar-refractivity contribution >= 4 is 46.0 Å². The summed E-state index contributed by atoms with van der Waals surface area (Å²) in [6.45, 7) is 7.48. The van der Waals surface area contributed by atoms with Crippen molar-refractivity contribution in [3.05, 3.63) is 47.7 Å². The molecule has 4 heterocycles. The molecule has 2 saturated carbocycles. The molecule has 1 spiro atoms. The number of carbonyl (C=O) groups excluding carboxylic acids is 4. The van der Waals surface area contributed by atoms with E-state index in [1.54, 1.807) is 11.8 Å². The van der Waals surface area contributed by atoms with Gasteiger partial charge in [-0.1, -0.05) is 63.0 Å². The number of benzene rings is 1. The van der Waals surface area contributed by atoms with E-state index >= 15 is 0 Å². The molecular weight excluding hydrogens is 705 g/mol. The van der Waals surface area contributed by atoms with Crippen LogP contribution in [0.5, 0.6) is 5.75 Å². The number of amides is 5. The Balaban J connectivity index is 1.22. The van der Waals surface area contributed by atoms with Crippen molar-refractivity contribution in [3.63, 3.8) is 0 Å². The maximum absolute atomic E-state index is 14.8. The average molecular weight is 761 g/mol. The van der Waals surface area contributed by atoms with Crippen LogP contribution in [-0.2, 0) is 32.2 Å². The summed E-state index contributed by atoms with van der Waals surface area (Å²) < 4.78 is 22.4. The minimum atomic E-state index is -1.62. The molecule has 292 valence electrons. The zero-order chi connectivity index (χ0) is 38.3. The fourth-order valence-electron chi connectivity index (χ4n) is 8.66. The molecule has 1 saturated heterocycles. The molecule has 5 aliphatic rings. The zero-order valence-electron chi connectivity index (χ0n) is 32.1. The molecule has 2 aliphatic carbocycles. The fourth-order valence-corrected chi connectivity index (χ4v) is 9.76. The van der Waals surface area contributed by atoms with Gasteiger partial charge < -0.3 is 30.1 Å². The Morgan fingerprint density at radius 2 is 1.76 bits per heavy atom. The summed E-state index contributed by atoms with van der Waals surface area (Å²) in [5.41, 5.74) is 0.331. The summed E-state index contributed by atoms with van der Waals surface area (Å²) in [5, 5.41) is 10.1. The minimum Gasteiger partial charge on any atom is -0.593 e. The van der Waals surface area contributed by atoms with Gasteiger partial charge >= 0.3 is 6.03 Å². The molecule has 2 aromatic rings. The molecule has 54 heavy (non-hydrogen) atoms. The van der Waals surface area contributed by atoms with E-state index in [1.165, 1.54) is 0 Å². The Labute approximate surface area is 321 Å². The van der Waals surface area contributed by atoms with Gasteiger partial charge in [-0.05, 0) is 71.8 Å². The third kappa shape index (κ3) is 7.80. The van der Waals surface area contributed by atoms with Gasteiger partial charge in [0.15, 0.2) is 0 Å². The number of hydrogen-bond acceptors (Lipinski definition) is 7. The van der Waals surface area contributed by atoms with Crippen LogP contribution in [-0.4, -0.2) is 78.7 Å². The molecule has 0 bridgehead atoms. The monoisotopic (exact) mass is 760 g/mol. The summed E-state index contributed by atoms with van der Waals surface area (Å²) in [6, 6.07) is 5.85. The second kappa shape index (κ2) is 15.4. The van der Waals surface area contributed by atoms with Gasteiger partial charge in [-0.3, -0.25) is 14.4 Å². The Hall–Kier alpha value is -3.84. The van der Waals surface area contributed by atoms with Gasteiger partial charge in [0.05, 0.1) is 29.1 Å². The third-order valence-corrected chi connectivity index (χ3v) is 14.4. The van der Waals surface area contributed by atoms with Gasteiger partial charge in [0.2, 0.25) is 11.8 Å². The summed E-state index contributed by atoms with van der Waals surface area (Å²) in [7, 11) is 0. The minimum absolute atomic E-state index is 0.0778. The van der Waals surface area contributed by atoms with Crippen LogP contribution in [0.2, 0.25) is 0 Å². The van der Waals surface area contributed by atoms with Crippen LogP contribution >= 0.6 is 0 Å². The normalized spacial score (nSPS) is 31.3. The third-order valence-electron chi connectivity index (χ3n) is 12.7. The van der Waals surface area contributed by atoms with Crippen LogP contribution in [0.1, 0.15) is 115 Å². The van der Waals surface area contributed by atoms with Crippen LogP contribution in [0.4, 0.5) is 4.79 Å². The lowest BCUT2D eigenvalue weighted by molar-refractivity contribution is -0.142. The molecule has 7 rings (SSSR count). The molecule has 12 nitrogen and oxygen atoms in total. The topological polar surface area (TPSA) is 165 Å². The summed E-state index contributed by atoms with van der Waals surface area (Å²) >= 11 is -1.62. The van der Waals surface area contributed by atoms with Crippen LogP contribution in [0, 0.1) is 12.8 Å². The maximum Gasteiger partial charge on any atom is 0.315 e. The van der Waals surface area contributed by atoms with E-state index in [2.05, 4.69) is 20.7 Å². The molecule has 0 radical (unpaired) electrons. The Morgan fingerprint density at radius 1 is 1.02 bits per heavy atom. The van der Waals surface area contributed by atoms with Crippen molar-refractivity contribution in [3.8, 4) is 5.75 Å². The number of urea groups is 1. The standard InChI is InChI=1S/C41H56N6O6S/c1-26-14-8-6-5-7-9-19-32(44-38(51)43-28-15-10-11-16-28)36(49)47-25-41(21-20-30-29-17-12-13-18-31(29)42-27(2)34(30)53-41)24-33(47)35(48)45-40(26,4)37(50)46-54(52)39(3)22-23-39/h8,12-14,17-18,26,28,32-33H,5-7,9-11,15-16,19-25H2,1-4H3,(H,45,48)(H,46,50)(H2,43,44,51)/b14-8-/t26-,32-,33-,40+,41+,54?/m0/s1. The fraction of sp³-hybridized carbons (Fsp3) is 0.634. The molecular formula is C41H56N6O6S. The van der Waals surface area contributed by atoms with E-state index in [-0.39, 0.29) is 30.9 Å². The highest BCUT2D eigenvalue weighted by atomic mass is 32.2. The number of hydrogen-bond donors (Lipinski definition) is 4. The number of carbonyl (C=O) groups is 4. The van der Waals surface area contributed by atoms with Crippen LogP contribution in [0.3, 0.4) is 0 Å². The number of aromatic nitrogens is 1. The van der Waals surface area contributed by atoms with Gasteiger partial charge in [-0.2, -0.15) is 4.72 Å². The Bertz CT molecular complexity index is 1810. The molecule has 5 amide bonds. The first-order chi connectivity index (χ1) is 25.8. The van der Waals surface area contributed by atoms with E-state index in [4.69, 9.17) is 9.72 Å². The summed E-state index contributed by atoms with van der Waals surface area (Å²) in [5.74, 6) is -1.14. The van der Waals surface area contributed by atoms with Gasteiger partial charge in [-0.25, -0.2) is 9.78 Å². The van der Waals surface area contributed by atoms with E-state index in [0.717, 1.165) is 79.9 Å². The number of rotatable bonds is 5. The smallest absolute Gasteiger partial charge is 0.315 e. The zero-order valence-corrected chi connectivity index (χ0v) is 32.9. The quantitative estimate of drug-likeness (QED) is 0.241. The first-order valence-electron chi connectivity index (χ1n) is 20.0. The lowest BCUT2D eigenvalue weighted by atomic mass is 9.84. The van der Waals surface area contributed by atoms with Gasteiger partial charge in [-0.15, -0.1) is 0 Å². The van der Waals surface area contributed by atoms with E-state index < -0.39 is 57.1 Å². The molecule has 6 atom stereocenters. The second-order valence-electron chi connectivity index (χ2n) is 16.8. The number of nitrogens with one attached hydrogen (secondary N) is 4. The van der Waals surface area contributed by atoms with Crippen molar-refractivity contribution in [2.45, 2.75) is 152 Å². The number of pyridine rings is 1. The lowest BCUT2D eigenvalue weighted by Gasteiger charge is -2.36. The van der Waals surface area contributed by atoms with E-state index in [1.807, 2.05) is 57.2 Å². The largest absolute Gasteiger partial charge is 0.593 e. The summed E-state index contributed by atoms with van der Waals surface area (Å²) in [6.07, 6.45) is 14.5. The van der Waals surface area contributed by atoms with E-state index in [0.29, 0.717) is 31.4 Å². The Morgan fingerprint density at radius 3 is 2.52 bits per heavy atom. The SMILES string of the molecule is Cc1nc2ccccc2c2c1O[C@]1(CC2)C[C@H]2C(=O)N[C@@](C)(C(=O)N[S+]([O-])C3(C)CC3)[C@@H](C)/C=C\CCCCC[C@H](NC(=O)NC3CCCC3)C(=O)N2C1. The number of para-hydroxylation sites is 1. The van der Waals surface area contributed by atoms with Crippen LogP contribution < -0.4 is 25.4 Å². The number of nitrogens with zero attached hydrogens (tertiary/aromatic N) is 2. The number of allylic oxidation sites excluding steroid dienone is 1. The molecule has 3 aliphatic heterocycles. The van der Waals surface area contributed by atoms with Crippen molar-refractivity contribution < 1.29 is 28.5 Å². The highest BCUT2D eigenvalue weighted by Crippen LogP contribution is 2.45. The average Bonchev–Trinajstić information content (AvgIpc) is 3.51. The first-order valence-corrected chi connectivity index (χ1v) is 21.1. The van der Waals surface area contributed by atoms with Crippen molar-refractivity contribution in [1.29, 1.82) is 0 Å². The van der Waals surface area contributed by atoms with Crippen molar-refractivity contribution in [2.75, 3.05) is 6.54 Å². The lowest BCUT2D eigenvalue weighted by Crippen LogP contribution is -2.64. The Kier molecular flexibility index (Phi) is 10.9.